The average Bonchev–Trinajstić information content (AvgIpc) is 2.35. The van der Waals surface area contributed by atoms with Gasteiger partial charge < -0.3 is 15.3 Å². The maximum atomic E-state index is 11.2. The highest BCUT2D eigenvalue weighted by Crippen LogP contribution is 2.26. The summed E-state index contributed by atoms with van der Waals surface area (Å²) in [6.07, 6.45) is 2.97. The molecule has 0 radical (unpaired) electrons. The van der Waals surface area contributed by atoms with E-state index in [-0.39, 0.29) is 18.2 Å². The minimum absolute atomic E-state index is 0.0655. The van der Waals surface area contributed by atoms with Crippen LogP contribution in [0.3, 0.4) is 0 Å². The smallest absolute Gasteiger partial charge is 0.303 e. The van der Waals surface area contributed by atoms with Gasteiger partial charge in [-0.25, -0.2) is 0 Å². The van der Waals surface area contributed by atoms with Gasteiger partial charge in [-0.3, -0.25) is 9.59 Å². The van der Waals surface area contributed by atoms with Gasteiger partial charge in [0.25, 0.3) is 0 Å². The first-order valence-electron chi connectivity index (χ1n) is 6.67. The fourth-order valence-electron chi connectivity index (χ4n) is 2.59. The number of hydrogen-bond acceptors (Lipinski definition) is 3. The zero-order chi connectivity index (χ0) is 13.5. The van der Waals surface area contributed by atoms with Crippen LogP contribution in [0.2, 0.25) is 0 Å². The molecule has 0 bridgehead atoms. The number of amides is 1. The molecule has 104 valence electrons. The van der Waals surface area contributed by atoms with E-state index in [1.807, 2.05) is 6.92 Å². The van der Waals surface area contributed by atoms with E-state index in [0.29, 0.717) is 12.3 Å². The van der Waals surface area contributed by atoms with Gasteiger partial charge in [0.2, 0.25) is 5.91 Å². The Morgan fingerprint density at radius 3 is 2.83 bits per heavy atom. The van der Waals surface area contributed by atoms with Gasteiger partial charge in [0.15, 0.2) is 0 Å². The molecule has 1 aliphatic rings. The zero-order valence-electron chi connectivity index (χ0n) is 11.3. The lowest BCUT2D eigenvalue weighted by atomic mass is 9.84. The molecular weight excluding hydrogens is 232 g/mol. The molecule has 1 aliphatic heterocycles. The molecule has 1 fully saturated rings. The van der Waals surface area contributed by atoms with Crippen molar-refractivity contribution in [2.24, 2.45) is 11.8 Å². The minimum Gasteiger partial charge on any atom is -0.481 e. The summed E-state index contributed by atoms with van der Waals surface area (Å²) >= 11 is 0. The van der Waals surface area contributed by atoms with Crippen LogP contribution < -0.4 is 5.32 Å². The van der Waals surface area contributed by atoms with Gasteiger partial charge in [-0.05, 0) is 31.2 Å². The van der Waals surface area contributed by atoms with E-state index in [9.17, 15) is 9.59 Å². The summed E-state index contributed by atoms with van der Waals surface area (Å²) in [6, 6.07) is 0. The van der Waals surface area contributed by atoms with E-state index in [1.54, 1.807) is 7.05 Å². The van der Waals surface area contributed by atoms with Gasteiger partial charge in [0, 0.05) is 33.0 Å². The monoisotopic (exact) mass is 256 g/mol. The largest absolute Gasteiger partial charge is 0.481 e. The minimum atomic E-state index is -0.718. The lowest BCUT2D eigenvalue weighted by molar-refractivity contribution is -0.138. The predicted molar refractivity (Wildman–Crippen MR) is 69.3 cm³/mol. The molecule has 0 aromatic rings. The van der Waals surface area contributed by atoms with E-state index in [1.165, 1.54) is 0 Å². The van der Waals surface area contributed by atoms with Gasteiger partial charge in [-0.1, -0.05) is 6.92 Å². The molecule has 0 aliphatic carbocycles. The number of likely N-dealkylation sites (tertiary alicyclic amines) is 1. The van der Waals surface area contributed by atoms with Gasteiger partial charge >= 0.3 is 5.97 Å². The highest BCUT2D eigenvalue weighted by atomic mass is 16.4. The van der Waals surface area contributed by atoms with Gasteiger partial charge in [-0.15, -0.1) is 0 Å². The Bertz CT molecular complexity index is 294. The van der Waals surface area contributed by atoms with Crippen LogP contribution in [0.25, 0.3) is 0 Å². The quantitative estimate of drug-likeness (QED) is 0.742. The number of nitrogens with one attached hydrogen (secondary N) is 1. The molecule has 0 spiro atoms. The highest BCUT2D eigenvalue weighted by Gasteiger charge is 2.25. The van der Waals surface area contributed by atoms with Crippen molar-refractivity contribution in [2.45, 2.75) is 32.6 Å². The summed E-state index contributed by atoms with van der Waals surface area (Å²) in [7, 11) is 1.65. The van der Waals surface area contributed by atoms with E-state index in [4.69, 9.17) is 5.11 Å². The van der Waals surface area contributed by atoms with Crippen LogP contribution in [0.4, 0.5) is 0 Å². The first-order valence-corrected chi connectivity index (χ1v) is 6.67. The normalized spacial score (nSPS) is 22.4. The van der Waals surface area contributed by atoms with E-state index < -0.39 is 5.97 Å². The van der Waals surface area contributed by atoms with Crippen molar-refractivity contribution in [3.63, 3.8) is 0 Å². The maximum absolute atomic E-state index is 11.2. The Balaban J connectivity index is 2.35. The Labute approximate surface area is 109 Å². The summed E-state index contributed by atoms with van der Waals surface area (Å²) in [5.74, 6) is 0.00512. The number of rotatable bonds is 6. The predicted octanol–water partition coefficient (Wildman–Crippen LogP) is 0.945. The molecular formula is C13H24N2O3. The van der Waals surface area contributed by atoms with Crippen LogP contribution in [0.5, 0.6) is 0 Å². The molecule has 0 aromatic carbocycles. The van der Waals surface area contributed by atoms with E-state index in [2.05, 4.69) is 10.2 Å². The van der Waals surface area contributed by atoms with Crippen molar-refractivity contribution in [3.05, 3.63) is 0 Å². The van der Waals surface area contributed by atoms with Crippen molar-refractivity contribution < 1.29 is 14.7 Å². The highest BCUT2D eigenvalue weighted by molar-refractivity contribution is 5.75. The SMILES string of the molecule is CNC(=O)CCN1CCCC(C(C)CC(=O)O)C1. The van der Waals surface area contributed by atoms with Gasteiger partial charge in [0.1, 0.15) is 0 Å². The van der Waals surface area contributed by atoms with E-state index >= 15 is 0 Å². The third-order valence-corrected chi connectivity index (χ3v) is 3.78. The van der Waals surface area contributed by atoms with Crippen LogP contribution >= 0.6 is 0 Å². The Kier molecular flexibility index (Phi) is 6.12. The molecule has 5 heteroatoms. The Hall–Kier alpha value is -1.10. The van der Waals surface area contributed by atoms with Crippen LogP contribution in [0.1, 0.15) is 32.6 Å². The van der Waals surface area contributed by atoms with Gasteiger partial charge in [0.05, 0.1) is 0 Å². The summed E-state index contributed by atoms with van der Waals surface area (Å²) in [6.45, 7) is 4.73. The number of carbonyl (C=O) groups is 2. The number of carboxylic acid groups (broad SMARTS) is 1. The summed E-state index contributed by atoms with van der Waals surface area (Å²) in [4.78, 5) is 24.2. The molecule has 2 unspecified atom stereocenters. The molecule has 2 atom stereocenters. The van der Waals surface area contributed by atoms with Crippen molar-refractivity contribution in [3.8, 4) is 0 Å². The molecule has 5 nitrogen and oxygen atoms in total. The molecule has 1 heterocycles. The fraction of sp³-hybridized carbons (Fsp3) is 0.846. The lowest BCUT2D eigenvalue weighted by Gasteiger charge is -2.35. The fourth-order valence-corrected chi connectivity index (χ4v) is 2.59. The van der Waals surface area contributed by atoms with Crippen molar-refractivity contribution in [1.82, 2.24) is 10.2 Å². The Morgan fingerprint density at radius 2 is 2.22 bits per heavy atom. The van der Waals surface area contributed by atoms with Crippen molar-refractivity contribution in [1.29, 1.82) is 0 Å². The number of hydrogen-bond donors (Lipinski definition) is 2. The summed E-state index contributed by atoms with van der Waals surface area (Å²) in [5, 5.41) is 11.4. The van der Waals surface area contributed by atoms with Crippen LogP contribution in [0.15, 0.2) is 0 Å². The van der Waals surface area contributed by atoms with E-state index in [0.717, 1.165) is 32.5 Å². The molecule has 0 saturated carbocycles. The number of aliphatic carboxylic acids is 1. The standard InChI is InChI=1S/C13H24N2O3/c1-10(8-13(17)18)11-4-3-6-15(9-11)7-5-12(16)14-2/h10-11H,3-9H2,1-2H3,(H,14,16)(H,17,18). The lowest BCUT2D eigenvalue weighted by Crippen LogP contribution is -2.40. The first-order chi connectivity index (χ1) is 8.52. The molecule has 0 aromatic heterocycles. The second kappa shape index (κ2) is 7.36. The maximum Gasteiger partial charge on any atom is 0.303 e. The van der Waals surface area contributed by atoms with Crippen molar-refractivity contribution in [2.75, 3.05) is 26.7 Å². The molecule has 1 amide bonds. The Morgan fingerprint density at radius 1 is 1.50 bits per heavy atom. The van der Waals surface area contributed by atoms with Crippen LogP contribution in [0, 0.1) is 11.8 Å². The van der Waals surface area contributed by atoms with Crippen LogP contribution in [-0.2, 0) is 9.59 Å². The second-order valence-corrected chi connectivity index (χ2v) is 5.20. The number of piperidine rings is 1. The van der Waals surface area contributed by atoms with Crippen LogP contribution in [-0.4, -0.2) is 48.6 Å². The first kappa shape index (κ1) is 15.0. The molecule has 2 N–H and O–H groups in total. The molecule has 1 saturated heterocycles. The number of nitrogens with zero attached hydrogens (tertiary/aromatic N) is 1. The number of carbonyl (C=O) groups excluding carboxylic acids is 1. The topological polar surface area (TPSA) is 69.6 Å². The third-order valence-electron chi connectivity index (χ3n) is 3.78. The van der Waals surface area contributed by atoms with Gasteiger partial charge in [-0.2, -0.15) is 0 Å². The molecule has 18 heavy (non-hydrogen) atoms. The summed E-state index contributed by atoms with van der Waals surface area (Å²) < 4.78 is 0. The zero-order valence-corrected chi connectivity index (χ0v) is 11.3. The van der Waals surface area contributed by atoms with Crippen molar-refractivity contribution >= 4 is 11.9 Å². The third kappa shape index (κ3) is 5.04. The summed E-state index contributed by atoms with van der Waals surface area (Å²) in [5.41, 5.74) is 0. The second-order valence-electron chi connectivity index (χ2n) is 5.20. The molecule has 1 rings (SSSR count). The average molecular weight is 256 g/mol. The number of carboxylic acids is 1.